The van der Waals surface area contributed by atoms with Crippen LogP contribution in [0.2, 0.25) is 0 Å². The van der Waals surface area contributed by atoms with Gasteiger partial charge in [-0.2, -0.15) is 0 Å². The normalized spacial score (nSPS) is 16.2. The summed E-state index contributed by atoms with van der Waals surface area (Å²) in [5, 5.41) is 0. The first-order valence-electron chi connectivity index (χ1n) is 6.81. The van der Waals surface area contributed by atoms with Gasteiger partial charge >= 0.3 is 0 Å². The topological polar surface area (TPSA) is 79.5 Å². The minimum absolute atomic E-state index is 0.0337. The van der Waals surface area contributed by atoms with Crippen molar-refractivity contribution in [2.24, 2.45) is 0 Å². The summed E-state index contributed by atoms with van der Waals surface area (Å²) in [5.41, 5.74) is 7.02. The van der Waals surface area contributed by atoms with Crippen molar-refractivity contribution in [2.75, 3.05) is 32.4 Å². The number of nitrogens with zero attached hydrogens (tertiary/aromatic N) is 3. The van der Waals surface area contributed by atoms with Gasteiger partial charge in [0, 0.05) is 31.4 Å². The third-order valence-corrected chi connectivity index (χ3v) is 3.47. The number of amides is 2. The van der Waals surface area contributed by atoms with Crippen LogP contribution < -0.4 is 5.73 Å². The smallest absolute Gasteiger partial charge is 0.254 e. The average molecular weight is 276 g/mol. The van der Waals surface area contributed by atoms with E-state index in [1.165, 1.54) is 0 Å². The highest BCUT2D eigenvalue weighted by Crippen LogP contribution is 2.13. The summed E-state index contributed by atoms with van der Waals surface area (Å²) in [5.74, 6) is 0.150. The van der Waals surface area contributed by atoms with E-state index in [1.54, 1.807) is 29.0 Å². The molecule has 0 aliphatic carbocycles. The lowest BCUT2D eigenvalue weighted by Crippen LogP contribution is -2.38. The van der Waals surface area contributed by atoms with Crippen molar-refractivity contribution in [2.45, 2.75) is 19.8 Å². The van der Waals surface area contributed by atoms with Crippen LogP contribution in [0.5, 0.6) is 0 Å². The maximum atomic E-state index is 12.5. The number of carbonyl (C=O) groups is 2. The highest BCUT2D eigenvalue weighted by molar-refractivity contribution is 5.97. The molecule has 0 saturated carbocycles. The Balaban J connectivity index is 2.22. The Kier molecular flexibility index (Phi) is 4.22. The summed E-state index contributed by atoms with van der Waals surface area (Å²) in [4.78, 5) is 31.7. The highest BCUT2D eigenvalue weighted by Gasteiger charge is 2.24. The number of aryl methyl sites for hydroxylation is 1. The van der Waals surface area contributed by atoms with Crippen LogP contribution in [0, 0.1) is 0 Å². The third-order valence-electron chi connectivity index (χ3n) is 3.47. The molecule has 0 atom stereocenters. The summed E-state index contributed by atoms with van der Waals surface area (Å²) in [7, 11) is 1.76. The average Bonchev–Trinajstić information content (AvgIpc) is 2.59. The molecule has 1 saturated heterocycles. The third kappa shape index (κ3) is 3.07. The van der Waals surface area contributed by atoms with Crippen molar-refractivity contribution in [3.8, 4) is 0 Å². The van der Waals surface area contributed by atoms with E-state index in [4.69, 9.17) is 5.73 Å². The molecule has 6 heteroatoms. The van der Waals surface area contributed by atoms with Gasteiger partial charge in [0.05, 0.1) is 0 Å². The Bertz CT molecular complexity index is 530. The fourth-order valence-electron chi connectivity index (χ4n) is 2.26. The molecule has 1 fully saturated rings. The minimum atomic E-state index is -0.155. The fourth-order valence-corrected chi connectivity index (χ4v) is 2.26. The first-order chi connectivity index (χ1) is 9.51. The molecule has 1 aromatic rings. The van der Waals surface area contributed by atoms with Crippen LogP contribution in [0.3, 0.4) is 0 Å². The molecule has 0 spiro atoms. The second kappa shape index (κ2) is 5.90. The number of nitrogens with two attached hydrogens (primary N) is 1. The van der Waals surface area contributed by atoms with E-state index in [-0.39, 0.29) is 18.4 Å². The molecule has 2 heterocycles. The number of aromatic nitrogens is 1. The molecule has 0 aromatic carbocycles. The number of anilines is 1. The Hall–Kier alpha value is -2.11. The molecule has 1 aromatic heterocycles. The molecule has 0 bridgehead atoms. The fraction of sp³-hybridized carbons (Fsp3) is 0.500. The van der Waals surface area contributed by atoms with Crippen molar-refractivity contribution in [1.29, 1.82) is 0 Å². The van der Waals surface area contributed by atoms with Crippen LogP contribution in [0.25, 0.3) is 0 Å². The van der Waals surface area contributed by atoms with Crippen molar-refractivity contribution < 1.29 is 9.59 Å². The first kappa shape index (κ1) is 14.3. The molecule has 108 valence electrons. The van der Waals surface area contributed by atoms with Gasteiger partial charge < -0.3 is 15.5 Å². The molecule has 2 amide bonds. The second-order valence-corrected chi connectivity index (χ2v) is 5.02. The summed E-state index contributed by atoms with van der Waals surface area (Å²) >= 11 is 0. The molecule has 1 aliphatic rings. The lowest BCUT2D eigenvalue weighted by atomic mass is 10.1. The molecule has 2 rings (SSSR count). The Morgan fingerprint density at radius 3 is 2.85 bits per heavy atom. The van der Waals surface area contributed by atoms with Crippen LogP contribution in [0.15, 0.2) is 12.1 Å². The lowest BCUT2D eigenvalue weighted by molar-refractivity contribution is -0.129. The molecular formula is C14H20N4O2. The standard InChI is InChI=1S/C14H20N4O2/c1-3-11-7-10(8-12(15)16-11)14(20)18-6-4-5-17(2)13(19)9-18/h7-8H,3-6,9H2,1-2H3,(H2,15,16). The van der Waals surface area contributed by atoms with E-state index in [1.807, 2.05) is 6.92 Å². The van der Waals surface area contributed by atoms with Crippen LogP contribution >= 0.6 is 0 Å². The molecule has 0 unspecified atom stereocenters. The van der Waals surface area contributed by atoms with Crippen molar-refractivity contribution in [1.82, 2.24) is 14.8 Å². The number of pyridine rings is 1. The van der Waals surface area contributed by atoms with Crippen LogP contribution in [-0.4, -0.2) is 53.3 Å². The largest absolute Gasteiger partial charge is 0.384 e. The van der Waals surface area contributed by atoms with E-state index >= 15 is 0 Å². The number of hydrogen-bond donors (Lipinski definition) is 1. The van der Waals surface area contributed by atoms with Crippen LogP contribution in [-0.2, 0) is 11.2 Å². The van der Waals surface area contributed by atoms with Gasteiger partial charge in [-0.05, 0) is 25.0 Å². The SMILES string of the molecule is CCc1cc(C(=O)N2CCCN(C)C(=O)C2)cc(N)n1. The van der Waals surface area contributed by atoms with E-state index in [9.17, 15) is 9.59 Å². The predicted octanol–water partition coefficient (Wildman–Crippen LogP) is 0.531. The molecular weight excluding hydrogens is 256 g/mol. The van der Waals surface area contributed by atoms with Crippen LogP contribution in [0.4, 0.5) is 5.82 Å². The quantitative estimate of drug-likeness (QED) is 0.854. The van der Waals surface area contributed by atoms with E-state index in [0.717, 1.165) is 12.1 Å². The zero-order valence-corrected chi connectivity index (χ0v) is 11.9. The van der Waals surface area contributed by atoms with Crippen LogP contribution in [0.1, 0.15) is 29.4 Å². The summed E-state index contributed by atoms with van der Waals surface area (Å²) in [6, 6.07) is 3.32. The molecule has 6 nitrogen and oxygen atoms in total. The van der Waals surface area contributed by atoms with Crippen molar-refractivity contribution in [3.05, 3.63) is 23.4 Å². The maximum absolute atomic E-state index is 12.5. The lowest BCUT2D eigenvalue weighted by Gasteiger charge is -2.20. The Labute approximate surface area is 118 Å². The highest BCUT2D eigenvalue weighted by atomic mass is 16.2. The van der Waals surface area contributed by atoms with Gasteiger partial charge in [-0.15, -0.1) is 0 Å². The Morgan fingerprint density at radius 1 is 1.40 bits per heavy atom. The molecule has 20 heavy (non-hydrogen) atoms. The number of nitrogen functional groups attached to an aromatic ring is 1. The predicted molar refractivity (Wildman–Crippen MR) is 76.2 cm³/mol. The monoisotopic (exact) mass is 276 g/mol. The first-order valence-corrected chi connectivity index (χ1v) is 6.81. The van der Waals surface area contributed by atoms with Crippen molar-refractivity contribution in [3.63, 3.8) is 0 Å². The molecule has 0 radical (unpaired) electrons. The number of hydrogen-bond acceptors (Lipinski definition) is 4. The Morgan fingerprint density at radius 2 is 2.15 bits per heavy atom. The van der Waals surface area contributed by atoms with E-state index < -0.39 is 0 Å². The maximum Gasteiger partial charge on any atom is 0.254 e. The minimum Gasteiger partial charge on any atom is -0.384 e. The summed E-state index contributed by atoms with van der Waals surface area (Å²) < 4.78 is 0. The number of rotatable bonds is 2. The number of likely N-dealkylation sites (N-methyl/N-ethyl adjacent to an activating group) is 1. The van der Waals surface area contributed by atoms with Gasteiger partial charge in [0.2, 0.25) is 5.91 Å². The van der Waals surface area contributed by atoms with Gasteiger partial charge in [0.1, 0.15) is 12.4 Å². The summed E-state index contributed by atoms with van der Waals surface area (Å²) in [6.07, 6.45) is 1.50. The van der Waals surface area contributed by atoms with Gasteiger partial charge in [-0.1, -0.05) is 6.92 Å². The van der Waals surface area contributed by atoms with Crippen molar-refractivity contribution >= 4 is 17.6 Å². The number of carbonyl (C=O) groups excluding carboxylic acids is 2. The summed E-state index contributed by atoms with van der Waals surface area (Å²) in [6.45, 7) is 3.35. The molecule has 1 aliphatic heterocycles. The molecule has 2 N–H and O–H groups in total. The van der Waals surface area contributed by atoms with E-state index in [2.05, 4.69) is 4.98 Å². The second-order valence-electron chi connectivity index (χ2n) is 5.02. The zero-order chi connectivity index (χ0) is 14.7. The van der Waals surface area contributed by atoms with Gasteiger partial charge in [0.25, 0.3) is 5.91 Å². The van der Waals surface area contributed by atoms with Gasteiger partial charge in [-0.3, -0.25) is 9.59 Å². The van der Waals surface area contributed by atoms with Gasteiger partial charge in [0.15, 0.2) is 0 Å². The van der Waals surface area contributed by atoms with E-state index in [0.29, 0.717) is 30.9 Å². The van der Waals surface area contributed by atoms with Gasteiger partial charge in [-0.25, -0.2) is 4.98 Å². The zero-order valence-electron chi connectivity index (χ0n) is 11.9.